The molecular weight excluding hydrogens is 474 g/mol. The second kappa shape index (κ2) is 11.1. The number of carboxylic acid groups (broad SMARTS) is 1. The Kier molecular flexibility index (Phi) is 7.50. The van der Waals surface area contributed by atoms with Crippen LogP contribution in [0.4, 0.5) is 11.4 Å². The van der Waals surface area contributed by atoms with E-state index in [0.29, 0.717) is 17.4 Å². The number of aromatic nitrogens is 1. The van der Waals surface area contributed by atoms with Crippen molar-refractivity contribution in [3.63, 3.8) is 0 Å². The van der Waals surface area contributed by atoms with Gasteiger partial charge in [-0.1, -0.05) is 67.3 Å². The van der Waals surface area contributed by atoms with E-state index in [4.69, 9.17) is 0 Å². The lowest BCUT2D eigenvalue weighted by Crippen LogP contribution is -2.37. The van der Waals surface area contributed by atoms with Crippen molar-refractivity contribution in [2.24, 2.45) is 0 Å². The van der Waals surface area contributed by atoms with Gasteiger partial charge in [0, 0.05) is 23.7 Å². The Morgan fingerprint density at radius 1 is 0.974 bits per heavy atom. The summed E-state index contributed by atoms with van der Waals surface area (Å²) in [6.45, 7) is 5.02. The van der Waals surface area contributed by atoms with Gasteiger partial charge in [0.25, 0.3) is 0 Å². The lowest BCUT2D eigenvalue weighted by molar-refractivity contribution is -0.115. The molecule has 0 radical (unpaired) electrons. The summed E-state index contributed by atoms with van der Waals surface area (Å²) >= 11 is 0. The van der Waals surface area contributed by atoms with Crippen LogP contribution in [0, 0.1) is 6.92 Å². The Morgan fingerprint density at radius 2 is 1.71 bits per heavy atom. The molecule has 3 aromatic carbocycles. The zero-order valence-electron chi connectivity index (χ0n) is 22.1. The van der Waals surface area contributed by atoms with Crippen molar-refractivity contribution in [2.75, 3.05) is 16.8 Å². The van der Waals surface area contributed by atoms with E-state index >= 15 is 0 Å². The van der Waals surface area contributed by atoms with E-state index in [1.165, 1.54) is 19.3 Å². The number of carbonyl (C=O) groups is 2. The van der Waals surface area contributed by atoms with Gasteiger partial charge in [0.05, 0.1) is 23.3 Å². The molecule has 6 nitrogen and oxygen atoms in total. The number of para-hydroxylation sites is 1. The fourth-order valence-electron chi connectivity index (χ4n) is 5.71. The van der Waals surface area contributed by atoms with Gasteiger partial charge in [-0.15, -0.1) is 0 Å². The van der Waals surface area contributed by atoms with Crippen molar-refractivity contribution >= 4 is 34.2 Å². The molecule has 1 aliphatic rings. The second-order valence-electron chi connectivity index (χ2n) is 10.2. The highest BCUT2D eigenvalue weighted by molar-refractivity contribution is 5.98. The predicted molar refractivity (Wildman–Crippen MR) is 154 cm³/mol. The maximum Gasteiger partial charge on any atom is 0.352 e. The zero-order valence-corrected chi connectivity index (χ0v) is 22.1. The predicted octanol–water partition coefficient (Wildman–Crippen LogP) is 6.98. The number of amides is 1. The number of carbonyl (C=O) groups excluding carboxylic acids is 1. The van der Waals surface area contributed by atoms with Gasteiger partial charge in [-0.25, -0.2) is 4.79 Å². The lowest BCUT2D eigenvalue weighted by Gasteiger charge is -2.36. The van der Waals surface area contributed by atoms with E-state index in [0.717, 1.165) is 47.1 Å². The number of aromatic carboxylic acids is 1. The summed E-state index contributed by atoms with van der Waals surface area (Å²) in [5.41, 5.74) is 5.51. The SMILES string of the molecule is CCN(c1ccc(-n2c(C(=O)O)cc3ccccc32)cc1NC(=O)Cc1ccc(C)cc1)C1CCCCC1. The van der Waals surface area contributed by atoms with Crippen LogP contribution in [0.2, 0.25) is 0 Å². The average Bonchev–Trinajstić information content (AvgIpc) is 3.32. The Balaban J connectivity index is 1.57. The molecule has 1 saturated carbocycles. The quantitative estimate of drug-likeness (QED) is 0.269. The third-order valence-corrected chi connectivity index (χ3v) is 7.59. The number of hydrogen-bond donors (Lipinski definition) is 2. The molecule has 1 heterocycles. The van der Waals surface area contributed by atoms with E-state index in [9.17, 15) is 14.7 Å². The highest BCUT2D eigenvalue weighted by Crippen LogP contribution is 2.35. The molecular formula is C32H35N3O3. The molecule has 4 aromatic rings. The first-order valence-corrected chi connectivity index (χ1v) is 13.5. The van der Waals surface area contributed by atoms with Gasteiger partial charge in [-0.3, -0.25) is 4.79 Å². The molecule has 1 amide bonds. The van der Waals surface area contributed by atoms with Crippen molar-refractivity contribution < 1.29 is 14.7 Å². The number of rotatable bonds is 8. The summed E-state index contributed by atoms with van der Waals surface area (Å²) in [6.07, 6.45) is 6.24. The van der Waals surface area contributed by atoms with Crippen molar-refractivity contribution in [3.05, 3.63) is 89.6 Å². The Morgan fingerprint density at radius 3 is 2.42 bits per heavy atom. The number of nitrogens with one attached hydrogen (secondary N) is 1. The van der Waals surface area contributed by atoms with Gasteiger partial charge in [0.2, 0.25) is 5.91 Å². The average molecular weight is 510 g/mol. The van der Waals surface area contributed by atoms with E-state index in [1.807, 2.05) is 73.7 Å². The molecule has 196 valence electrons. The van der Waals surface area contributed by atoms with E-state index in [1.54, 1.807) is 10.6 Å². The summed E-state index contributed by atoms with van der Waals surface area (Å²) < 4.78 is 1.76. The summed E-state index contributed by atoms with van der Waals surface area (Å²) in [4.78, 5) is 27.8. The number of carboxylic acids is 1. The number of nitrogens with zero attached hydrogens (tertiary/aromatic N) is 2. The zero-order chi connectivity index (χ0) is 26.6. The molecule has 0 bridgehead atoms. The minimum Gasteiger partial charge on any atom is -0.477 e. The lowest BCUT2D eigenvalue weighted by atomic mass is 9.93. The van der Waals surface area contributed by atoms with Gasteiger partial charge in [-0.2, -0.15) is 0 Å². The molecule has 1 aromatic heterocycles. The Hall–Kier alpha value is -4.06. The third-order valence-electron chi connectivity index (χ3n) is 7.59. The summed E-state index contributed by atoms with van der Waals surface area (Å²) in [6, 6.07) is 23.7. The molecule has 0 saturated heterocycles. The Bertz CT molecular complexity index is 1450. The highest BCUT2D eigenvalue weighted by atomic mass is 16.4. The summed E-state index contributed by atoms with van der Waals surface area (Å²) in [5, 5.41) is 14.0. The van der Waals surface area contributed by atoms with Crippen LogP contribution in [0.5, 0.6) is 0 Å². The highest BCUT2D eigenvalue weighted by Gasteiger charge is 2.24. The van der Waals surface area contributed by atoms with Gasteiger partial charge in [0.15, 0.2) is 0 Å². The van der Waals surface area contributed by atoms with Crippen molar-refractivity contribution in [2.45, 2.75) is 58.4 Å². The first-order valence-electron chi connectivity index (χ1n) is 13.5. The standard InChI is InChI=1S/C32H35N3O3/c1-3-34(25-10-5-4-6-11-25)29-18-17-26(35-28-12-8-7-9-24(28)20-30(35)32(37)38)21-27(29)33-31(36)19-23-15-13-22(2)14-16-23/h7-9,12-18,20-21,25H,3-6,10-11,19H2,1-2H3,(H,33,36)(H,37,38). The fraction of sp³-hybridized carbons (Fsp3) is 0.312. The van der Waals surface area contributed by atoms with Crippen molar-refractivity contribution in [1.29, 1.82) is 0 Å². The van der Waals surface area contributed by atoms with E-state index in [2.05, 4.69) is 17.1 Å². The smallest absolute Gasteiger partial charge is 0.352 e. The topological polar surface area (TPSA) is 74.6 Å². The first kappa shape index (κ1) is 25.6. The number of hydrogen-bond acceptors (Lipinski definition) is 3. The molecule has 0 atom stereocenters. The fourth-order valence-corrected chi connectivity index (χ4v) is 5.71. The van der Waals surface area contributed by atoms with Crippen molar-refractivity contribution in [3.8, 4) is 5.69 Å². The summed E-state index contributed by atoms with van der Waals surface area (Å²) in [7, 11) is 0. The molecule has 38 heavy (non-hydrogen) atoms. The van der Waals surface area contributed by atoms with Crippen LogP contribution in [0.1, 0.15) is 60.6 Å². The van der Waals surface area contributed by atoms with Crippen molar-refractivity contribution in [1.82, 2.24) is 4.57 Å². The van der Waals surface area contributed by atoms with Gasteiger partial charge < -0.3 is 19.9 Å². The van der Waals surface area contributed by atoms with E-state index in [-0.39, 0.29) is 18.0 Å². The van der Waals surface area contributed by atoms with Gasteiger partial charge in [-0.05, 0) is 62.6 Å². The first-order chi connectivity index (χ1) is 18.4. The van der Waals surface area contributed by atoms with Crippen LogP contribution >= 0.6 is 0 Å². The minimum atomic E-state index is -0.993. The molecule has 6 heteroatoms. The van der Waals surface area contributed by atoms with Crippen LogP contribution in [-0.4, -0.2) is 34.1 Å². The normalized spacial score (nSPS) is 13.9. The second-order valence-corrected chi connectivity index (χ2v) is 10.2. The van der Waals surface area contributed by atoms with Crippen LogP contribution in [0.15, 0.2) is 72.8 Å². The monoisotopic (exact) mass is 509 g/mol. The minimum absolute atomic E-state index is 0.0947. The number of anilines is 2. The summed E-state index contributed by atoms with van der Waals surface area (Å²) in [5.74, 6) is -1.09. The molecule has 5 rings (SSSR count). The van der Waals surface area contributed by atoms with Gasteiger partial charge in [0.1, 0.15) is 5.69 Å². The van der Waals surface area contributed by atoms with Crippen LogP contribution in [0.25, 0.3) is 16.6 Å². The number of fused-ring (bicyclic) bond motifs is 1. The number of benzene rings is 3. The molecule has 0 unspecified atom stereocenters. The molecule has 2 N–H and O–H groups in total. The van der Waals surface area contributed by atoms with Crippen LogP contribution in [0.3, 0.4) is 0 Å². The molecule has 0 aliphatic heterocycles. The Labute approximate surface area is 223 Å². The van der Waals surface area contributed by atoms with Crippen LogP contribution in [-0.2, 0) is 11.2 Å². The van der Waals surface area contributed by atoms with E-state index < -0.39 is 5.97 Å². The maximum atomic E-state index is 13.3. The third kappa shape index (κ3) is 5.30. The number of aryl methyl sites for hydroxylation is 1. The van der Waals surface area contributed by atoms with Gasteiger partial charge >= 0.3 is 5.97 Å². The van der Waals surface area contributed by atoms with Crippen LogP contribution < -0.4 is 10.2 Å². The maximum absolute atomic E-state index is 13.3. The molecule has 1 aliphatic carbocycles. The molecule has 0 spiro atoms. The largest absolute Gasteiger partial charge is 0.477 e. The molecule has 1 fully saturated rings.